The van der Waals surface area contributed by atoms with Gasteiger partial charge in [0.1, 0.15) is 0 Å². The van der Waals surface area contributed by atoms with Gasteiger partial charge in [-0.25, -0.2) is 13.2 Å². The van der Waals surface area contributed by atoms with Crippen LogP contribution < -0.4 is 14.9 Å². The van der Waals surface area contributed by atoms with Crippen LogP contribution in [0.5, 0.6) is 0 Å². The van der Waals surface area contributed by atoms with Gasteiger partial charge in [0.25, 0.3) is 0 Å². The van der Waals surface area contributed by atoms with Gasteiger partial charge in [0, 0.05) is 17.8 Å². The number of nitrogens with one attached hydrogen (secondary N) is 2. The van der Waals surface area contributed by atoms with Crippen molar-refractivity contribution < 1.29 is 18.0 Å². The average molecular weight is 375 g/mol. The fourth-order valence-corrected chi connectivity index (χ4v) is 3.25. The van der Waals surface area contributed by atoms with Gasteiger partial charge in [-0.3, -0.25) is 9.10 Å². The minimum atomic E-state index is -3.57. The number of para-hydroxylation sites is 1. The molecule has 8 heteroatoms. The quantitative estimate of drug-likeness (QED) is 0.727. The number of ketones is 1. The zero-order valence-corrected chi connectivity index (χ0v) is 15.4. The number of hydrogen-bond acceptors (Lipinski definition) is 4. The smallest absolute Gasteiger partial charge is 0.319 e. The van der Waals surface area contributed by atoms with Crippen LogP contribution in [-0.2, 0) is 10.0 Å². The minimum Gasteiger partial charge on any atom is -0.336 e. The van der Waals surface area contributed by atoms with Gasteiger partial charge in [0.05, 0.1) is 18.5 Å². The molecule has 0 radical (unpaired) electrons. The van der Waals surface area contributed by atoms with Crippen molar-refractivity contribution in [3.05, 3.63) is 60.2 Å². The first-order chi connectivity index (χ1) is 12.3. The molecule has 0 saturated heterocycles. The molecule has 0 fully saturated rings. The molecule has 0 spiro atoms. The highest BCUT2D eigenvalue weighted by atomic mass is 32.2. The highest BCUT2D eigenvalue weighted by Gasteiger charge is 2.18. The van der Waals surface area contributed by atoms with Crippen LogP contribution in [0.25, 0.3) is 0 Å². The molecule has 0 atom stereocenters. The normalized spacial score (nSPS) is 10.8. The lowest BCUT2D eigenvalue weighted by atomic mass is 10.1. The van der Waals surface area contributed by atoms with Crippen LogP contribution in [0.3, 0.4) is 0 Å². The lowest BCUT2D eigenvalue weighted by Crippen LogP contribution is -2.39. The number of nitrogens with zero attached hydrogens (tertiary/aromatic N) is 1. The molecule has 0 bridgehead atoms. The van der Waals surface area contributed by atoms with Crippen LogP contribution in [0, 0.1) is 0 Å². The van der Waals surface area contributed by atoms with E-state index in [0.717, 1.165) is 10.6 Å². The maximum absolute atomic E-state index is 12.1. The molecule has 0 heterocycles. The molecule has 0 aliphatic heterocycles. The van der Waals surface area contributed by atoms with E-state index in [-0.39, 0.29) is 18.9 Å². The number of Topliss-reactive ketones (excluding diaryl/α,β-unsaturated/α-hetero) is 1. The van der Waals surface area contributed by atoms with Crippen LogP contribution in [0.2, 0.25) is 0 Å². The summed E-state index contributed by atoms with van der Waals surface area (Å²) >= 11 is 0. The van der Waals surface area contributed by atoms with Gasteiger partial charge in [0.15, 0.2) is 5.78 Å². The number of anilines is 2. The molecule has 0 aliphatic carbocycles. The first-order valence-corrected chi connectivity index (χ1v) is 9.81. The fourth-order valence-electron chi connectivity index (χ4n) is 2.33. The van der Waals surface area contributed by atoms with Gasteiger partial charge in [-0.15, -0.1) is 0 Å². The van der Waals surface area contributed by atoms with Gasteiger partial charge in [-0.1, -0.05) is 30.3 Å². The Hall–Kier alpha value is -2.87. The summed E-state index contributed by atoms with van der Waals surface area (Å²) in [6.45, 7) is 1.57. The third-order valence-electron chi connectivity index (χ3n) is 3.57. The van der Waals surface area contributed by atoms with Crippen molar-refractivity contribution in [2.45, 2.75) is 6.92 Å². The summed E-state index contributed by atoms with van der Waals surface area (Å²) in [6, 6.07) is 14.9. The Balaban J connectivity index is 2.02. The first kappa shape index (κ1) is 19.5. The Bertz CT molecular complexity index is 882. The summed E-state index contributed by atoms with van der Waals surface area (Å²) in [5.41, 5.74) is 1.44. The van der Waals surface area contributed by atoms with Crippen LogP contribution in [0.1, 0.15) is 17.3 Å². The SMILES string of the molecule is CC(=O)c1cccc(N(CCNC(=O)Nc2ccccc2)S(C)(=O)=O)c1. The maximum Gasteiger partial charge on any atom is 0.319 e. The van der Waals surface area contributed by atoms with E-state index < -0.39 is 16.1 Å². The van der Waals surface area contributed by atoms with Crippen LogP contribution >= 0.6 is 0 Å². The summed E-state index contributed by atoms with van der Waals surface area (Å²) in [4.78, 5) is 23.4. The Morgan fingerprint density at radius 3 is 2.35 bits per heavy atom. The van der Waals surface area contributed by atoms with Crippen molar-refractivity contribution >= 4 is 33.2 Å². The molecule has 2 rings (SSSR count). The van der Waals surface area contributed by atoms with E-state index >= 15 is 0 Å². The molecule has 138 valence electrons. The number of carbonyl (C=O) groups excluding carboxylic acids is 2. The molecule has 0 saturated carbocycles. The van der Waals surface area contributed by atoms with Crippen molar-refractivity contribution in [3.63, 3.8) is 0 Å². The summed E-state index contributed by atoms with van der Waals surface area (Å²) in [6.07, 6.45) is 1.08. The zero-order chi connectivity index (χ0) is 19.2. The topological polar surface area (TPSA) is 95.6 Å². The second-order valence-corrected chi connectivity index (χ2v) is 7.60. The monoisotopic (exact) mass is 375 g/mol. The van der Waals surface area contributed by atoms with E-state index in [9.17, 15) is 18.0 Å². The van der Waals surface area contributed by atoms with Gasteiger partial charge in [-0.2, -0.15) is 0 Å². The largest absolute Gasteiger partial charge is 0.336 e. The molecule has 2 amide bonds. The van der Waals surface area contributed by atoms with Gasteiger partial charge >= 0.3 is 6.03 Å². The number of urea groups is 1. The van der Waals surface area contributed by atoms with Crippen molar-refractivity contribution in [2.24, 2.45) is 0 Å². The second-order valence-electron chi connectivity index (χ2n) is 5.69. The predicted molar refractivity (Wildman–Crippen MR) is 102 cm³/mol. The van der Waals surface area contributed by atoms with E-state index in [4.69, 9.17) is 0 Å². The second kappa shape index (κ2) is 8.48. The predicted octanol–water partition coefficient (Wildman–Crippen LogP) is 2.48. The Kier molecular flexibility index (Phi) is 6.35. The average Bonchev–Trinajstić information content (AvgIpc) is 2.58. The van der Waals surface area contributed by atoms with Crippen molar-refractivity contribution in [3.8, 4) is 0 Å². The molecular formula is C18H21N3O4S. The maximum atomic E-state index is 12.1. The van der Waals surface area contributed by atoms with Gasteiger partial charge in [0.2, 0.25) is 10.0 Å². The zero-order valence-electron chi connectivity index (χ0n) is 14.6. The van der Waals surface area contributed by atoms with E-state index in [2.05, 4.69) is 10.6 Å². The molecule has 0 aromatic heterocycles. The molecular weight excluding hydrogens is 354 g/mol. The first-order valence-electron chi connectivity index (χ1n) is 7.96. The number of rotatable bonds is 7. The third-order valence-corrected chi connectivity index (χ3v) is 4.77. The van der Waals surface area contributed by atoms with Crippen LogP contribution in [0.15, 0.2) is 54.6 Å². The molecule has 26 heavy (non-hydrogen) atoms. The summed E-state index contributed by atoms with van der Waals surface area (Å²) < 4.78 is 25.3. The van der Waals surface area contributed by atoms with Gasteiger partial charge in [-0.05, 0) is 31.2 Å². The van der Waals surface area contributed by atoms with Crippen molar-refractivity contribution in [1.82, 2.24) is 5.32 Å². The summed E-state index contributed by atoms with van der Waals surface area (Å²) in [5, 5.41) is 5.27. The Morgan fingerprint density at radius 1 is 1.04 bits per heavy atom. The van der Waals surface area contributed by atoms with E-state index in [1.807, 2.05) is 6.07 Å². The van der Waals surface area contributed by atoms with Crippen LogP contribution in [-0.4, -0.2) is 39.6 Å². The fraction of sp³-hybridized carbons (Fsp3) is 0.222. The minimum absolute atomic E-state index is 0.0440. The van der Waals surface area contributed by atoms with Crippen molar-refractivity contribution in [2.75, 3.05) is 29.0 Å². The number of sulfonamides is 1. The lowest BCUT2D eigenvalue weighted by Gasteiger charge is -2.23. The molecule has 0 aliphatic rings. The highest BCUT2D eigenvalue weighted by Crippen LogP contribution is 2.19. The lowest BCUT2D eigenvalue weighted by molar-refractivity contribution is 0.101. The highest BCUT2D eigenvalue weighted by molar-refractivity contribution is 7.92. The molecule has 0 unspecified atom stereocenters. The number of amides is 2. The molecule has 7 nitrogen and oxygen atoms in total. The van der Waals surface area contributed by atoms with Crippen molar-refractivity contribution in [1.29, 1.82) is 0 Å². The van der Waals surface area contributed by atoms with E-state index in [1.54, 1.807) is 42.5 Å². The van der Waals surface area contributed by atoms with Gasteiger partial charge < -0.3 is 10.6 Å². The summed E-state index contributed by atoms with van der Waals surface area (Å²) in [7, 11) is -3.57. The number of hydrogen-bond donors (Lipinski definition) is 2. The number of carbonyl (C=O) groups is 2. The molecule has 2 aromatic carbocycles. The standard InChI is InChI=1S/C18H21N3O4S/c1-14(22)15-7-6-10-17(13-15)21(26(2,24)25)12-11-19-18(23)20-16-8-4-3-5-9-16/h3-10,13H,11-12H2,1-2H3,(H2,19,20,23). The molecule has 2 aromatic rings. The van der Waals surface area contributed by atoms with E-state index in [0.29, 0.717) is 16.9 Å². The van der Waals surface area contributed by atoms with E-state index in [1.165, 1.54) is 13.0 Å². The Morgan fingerprint density at radius 2 is 1.73 bits per heavy atom. The Labute approximate surface area is 153 Å². The molecule has 2 N–H and O–H groups in total. The van der Waals surface area contributed by atoms with Crippen LogP contribution in [0.4, 0.5) is 16.2 Å². The number of benzene rings is 2. The third kappa shape index (κ3) is 5.59. The summed E-state index contributed by atoms with van der Waals surface area (Å²) in [5.74, 6) is -0.152.